The molecule has 2 nitrogen and oxygen atoms in total. The van der Waals surface area contributed by atoms with Crippen LogP contribution in [-0.2, 0) is 0 Å². The Morgan fingerprint density at radius 3 is 2.37 bits per heavy atom. The molecular formula is C13H8ClF3O2. The normalized spacial score (nSPS) is 11.4. The van der Waals surface area contributed by atoms with E-state index in [1.165, 1.54) is 36.4 Å². The topological polar surface area (TPSA) is 29.5 Å². The van der Waals surface area contributed by atoms with Crippen molar-refractivity contribution in [1.82, 2.24) is 0 Å². The summed E-state index contributed by atoms with van der Waals surface area (Å²) in [4.78, 5) is 0. The highest BCUT2D eigenvalue weighted by Crippen LogP contribution is 2.38. The van der Waals surface area contributed by atoms with Crippen LogP contribution in [0.5, 0.6) is 11.5 Å². The van der Waals surface area contributed by atoms with Crippen molar-refractivity contribution in [3.8, 4) is 22.6 Å². The van der Waals surface area contributed by atoms with Crippen LogP contribution in [0, 0.1) is 0 Å². The number of halogens is 4. The maximum Gasteiger partial charge on any atom is 0.573 e. The van der Waals surface area contributed by atoms with Crippen LogP contribution in [0.25, 0.3) is 11.1 Å². The Morgan fingerprint density at radius 2 is 1.68 bits per heavy atom. The van der Waals surface area contributed by atoms with Crippen LogP contribution in [-0.4, -0.2) is 11.5 Å². The van der Waals surface area contributed by atoms with E-state index < -0.39 is 6.36 Å². The van der Waals surface area contributed by atoms with E-state index in [0.29, 0.717) is 0 Å². The van der Waals surface area contributed by atoms with Gasteiger partial charge in [-0.25, -0.2) is 0 Å². The highest BCUT2D eigenvalue weighted by Gasteiger charge is 2.32. The minimum absolute atomic E-state index is 0.0961. The molecule has 0 unspecified atom stereocenters. The van der Waals surface area contributed by atoms with Gasteiger partial charge >= 0.3 is 6.36 Å². The first kappa shape index (κ1) is 13.5. The van der Waals surface area contributed by atoms with Crippen LogP contribution < -0.4 is 4.74 Å². The molecule has 0 amide bonds. The van der Waals surface area contributed by atoms with Crippen LogP contribution in [0.2, 0.25) is 5.02 Å². The van der Waals surface area contributed by atoms with Crippen molar-refractivity contribution >= 4 is 11.6 Å². The molecule has 0 heterocycles. The SMILES string of the molecule is Oc1ccc(Cl)c(-c2ccccc2OC(F)(F)F)c1. The van der Waals surface area contributed by atoms with Gasteiger partial charge in [-0.1, -0.05) is 29.8 Å². The highest BCUT2D eigenvalue weighted by atomic mass is 35.5. The number of para-hydroxylation sites is 1. The predicted octanol–water partition coefficient (Wildman–Crippen LogP) is 4.61. The summed E-state index contributed by atoms with van der Waals surface area (Å²) in [7, 11) is 0. The Hall–Kier alpha value is -1.88. The van der Waals surface area contributed by atoms with Gasteiger partial charge in [0.1, 0.15) is 11.5 Å². The summed E-state index contributed by atoms with van der Waals surface area (Å²) in [6.07, 6.45) is -4.79. The van der Waals surface area contributed by atoms with Gasteiger partial charge in [0.25, 0.3) is 0 Å². The molecule has 0 bridgehead atoms. The lowest BCUT2D eigenvalue weighted by molar-refractivity contribution is -0.274. The van der Waals surface area contributed by atoms with E-state index in [4.69, 9.17) is 11.6 Å². The highest BCUT2D eigenvalue weighted by molar-refractivity contribution is 6.33. The number of benzene rings is 2. The Balaban J connectivity index is 2.53. The number of rotatable bonds is 2. The molecular weight excluding hydrogens is 281 g/mol. The molecule has 0 spiro atoms. The molecule has 0 aromatic heterocycles. The molecule has 2 aromatic rings. The molecule has 0 saturated heterocycles. The Labute approximate surface area is 112 Å². The standard InChI is InChI=1S/C13H8ClF3O2/c14-11-6-5-8(18)7-10(11)9-3-1-2-4-12(9)19-13(15,16)17/h1-7,18H. The Kier molecular flexibility index (Phi) is 3.57. The zero-order valence-electron chi connectivity index (χ0n) is 9.41. The molecule has 0 aliphatic heterocycles. The quantitative estimate of drug-likeness (QED) is 0.874. The van der Waals surface area contributed by atoms with E-state index in [0.717, 1.165) is 0 Å². The first-order valence-corrected chi connectivity index (χ1v) is 5.58. The summed E-state index contributed by atoms with van der Waals surface area (Å²) in [6, 6.07) is 9.61. The monoisotopic (exact) mass is 288 g/mol. The largest absolute Gasteiger partial charge is 0.573 e. The summed E-state index contributed by atoms with van der Waals surface area (Å²) >= 11 is 5.93. The van der Waals surface area contributed by atoms with Crippen molar-refractivity contribution < 1.29 is 23.0 Å². The average Bonchev–Trinajstić information content (AvgIpc) is 2.31. The van der Waals surface area contributed by atoms with Gasteiger partial charge in [0.05, 0.1) is 0 Å². The Morgan fingerprint density at radius 1 is 1.00 bits per heavy atom. The van der Waals surface area contributed by atoms with Crippen molar-refractivity contribution in [2.45, 2.75) is 6.36 Å². The van der Waals surface area contributed by atoms with Gasteiger partial charge in [0, 0.05) is 16.1 Å². The third-order valence-corrected chi connectivity index (χ3v) is 2.68. The minimum Gasteiger partial charge on any atom is -0.508 e. The fourth-order valence-corrected chi connectivity index (χ4v) is 1.84. The van der Waals surface area contributed by atoms with Crippen LogP contribution >= 0.6 is 11.6 Å². The fourth-order valence-electron chi connectivity index (χ4n) is 1.62. The van der Waals surface area contributed by atoms with Gasteiger partial charge in [-0.3, -0.25) is 0 Å². The van der Waals surface area contributed by atoms with Crippen molar-refractivity contribution in [1.29, 1.82) is 0 Å². The van der Waals surface area contributed by atoms with Crippen LogP contribution in [0.4, 0.5) is 13.2 Å². The smallest absolute Gasteiger partial charge is 0.508 e. The minimum atomic E-state index is -4.79. The predicted molar refractivity (Wildman–Crippen MR) is 65.2 cm³/mol. The molecule has 2 aromatic carbocycles. The number of hydrogen-bond donors (Lipinski definition) is 1. The second-order valence-electron chi connectivity index (χ2n) is 3.71. The van der Waals surface area contributed by atoms with Gasteiger partial charge in [0.15, 0.2) is 0 Å². The maximum atomic E-state index is 12.3. The zero-order valence-corrected chi connectivity index (χ0v) is 10.2. The van der Waals surface area contributed by atoms with E-state index in [9.17, 15) is 18.3 Å². The molecule has 0 radical (unpaired) electrons. The molecule has 2 rings (SSSR count). The molecule has 0 saturated carbocycles. The fraction of sp³-hybridized carbons (Fsp3) is 0.0769. The van der Waals surface area contributed by atoms with Crippen molar-refractivity contribution in [2.75, 3.05) is 0 Å². The van der Waals surface area contributed by atoms with E-state index in [-0.39, 0.29) is 27.6 Å². The first-order chi connectivity index (χ1) is 8.87. The average molecular weight is 289 g/mol. The van der Waals surface area contributed by atoms with Crippen LogP contribution in [0.3, 0.4) is 0 Å². The van der Waals surface area contributed by atoms with Gasteiger partial charge in [-0.05, 0) is 24.3 Å². The number of aromatic hydroxyl groups is 1. The van der Waals surface area contributed by atoms with Crippen molar-refractivity contribution in [2.24, 2.45) is 0 Å². The van der Waals surface area contributed by atoms with Gasteiger partial charge in [-0.15, -0.1) is 13.2 Å². The van der Waals surface area contributed by atoms with E-state index >= 15 is 0 Å². The number of alkyl halides is 3. The molecule has 1 N–H and O–H groups in total. The number of hydrogen-bond acceptors (Lipinski definition) is 2. The van der Waals surface area contributed by atoms with Gasteiger partial charge in [0.2, 0.25) is 0 Å². The number of phenols is 1. The van der Waals surface area contributed by atoms with E-state index in [1.807, 2.05) is 0 Å². The van der Waals surface area contributed by atoms with Crippen LogP contribution in [0.1, 0.15) is 0 Å². The summed E-state index contributed by atoms with van der Waals surface area (Å²) in [6.45, 7) is 0. The second-order valence-corrected chi connectivity index (χ2v) is 4.12. The summed E-state index contributed by atoms with van der Waals surface area (Å²) in [5.74, 6) is -0.469. The van der Waals surface area contributed by atoms with E-state index in [1.54, 1.807) is 6.07 Å². The molecule has 0 aliphatic rings. The zero-order chi connectivity index (χ0) is 14.0. The lowest BCUT2D eigenvalue weighted by Gasteiger charge is -2.14. The maximum absolute atomic E-state index is 12.3. The number of phenolic OH excluding ortho intramolecular Hbond substituents is 1. The Bertz CT molecular complexity index is 597. The van der Waals surface area contributed by atoms with Gasteiger partial charge in [-0.2, -0.15) is 0 Å². The molecule has 19 heavy (non-hydrogen) atoms. The molecule has 0 fully saturated rings. The molecule has 0 aliphatic carbocycles. The lowest BCUT2D eigenvalue weighted by Crippen LogP contribution is -2.17. The van der Waals surface area contributed by atoms with Crippen LogP contribution in [0.15, 0.2) is 42.5 Å². The third kappa shape index (κ3) is 3.32. The molecule has 6 heteroatoms. The summed E-state index contributed by atoms with van der Waals surface area (Å²) in [5.41, 5.74) is 0.419. The lowest BCUT2D eigenvalue weighted by atomic mass is 10.0. The third-order valence-electron chi connectivity index (χ3n) is 2.35. The second kappa shape index (κ2) is 5.01. The number of ether oxygens (including phenoxy) is 1. The molecule has 100 valence electrons. The molecule has 0 atom stereocenters. The van der Waals surface area contributed by atoms with Crippen molar-refractivity contribution in [3.63, 3.8) is 0 Å². The van der Waals surface area contributed by atoms with E-state index in [2.05, 4.69) is 4.74 Å². The van der Waals surface area contributed by atoms with Gasteiger partial charge < -0.3 is 9.84 Å². The summed E-state index contributed by atoms with van der Waals surface area (Å²) < 4.78 is 40.9. The summed E-state index contributed by atoms with van der Waals surface area (Å²) in [5, 5.41) is 9.62. The first-order valence-electron chi connectivity index (χ1n) is 5.20. The van der Waals surface area contributed by atoms with Crippen molar-refractivity contribution in [3.05, 3.63) is 47.5 Å².